The summed E-state index contributed by atoms with van der Waals surface area (Å²) in [5, 5.41) is 4.07. The van der Waals surface area contributed by atoms with Gasteiger partial charge in [0.05, 0.1) is 28.9 Å². The van der Waals surface area contributed by atoms with Crippen LogP contribution in [0.3, 0.4) is 0 Å². The number of fused-ring (bicyclic) bond motifs is 3. The number of ketones is 1. The maximum absolute atomic E-state index is 12.6. The van der Waals surface area contributed by atoms with Crippen molar-refractivity contribution in [3.8, 4) is 17.1 Å². The van der Waals surface area contributed by atoms with E-state index < -0.39 is 0 Å². The summed E-state index contributed by atoms with van der Waals surface area (Å²) in [6.45, 7) is 6.84. The topological polar surface area (TPSA) is 85.8 Å². The molecule has 1 aliphatic rings. The van der Waals surface area contributed by atoms with Crippen molar-refractivity contribution in [2.45, 2.75) is 57.4 Å². The fourth-order valence-electron chi connectivity index (χ4n) is 4.70. The molecule has 1 aliphatic carbocycles. The van der Waals surface area contributed by atoms with Crippen LogP contribution in [0, 0.1) is 0 Å². The zero-order valence-electron chi connectivity index (χ0n) is 23.0. The van der Waals surface area contributed by atoms with Gasteiger partial charge in [-0.1, -0.05) is 61.5 Å². The second kappa shape index (κ2) is 9.57. The molecule has 202 valence electrons. The van der Waals surface area contributed by atoms with Crippen LogP contribution in [0.1, 0.15) is 50.6 Å². The average Bonchev–Trinajstić information content (AvgIpc) is 3.18. The lowest BCUT2D eigenvalue weighted by molar-refractivity contribution is -0.117. The van der Waals surface area contributed by atoms with Crippen molar-refractivity contribution in [1.82, 2.24) is 24.4 Å². The maximum atomic E-state index is 12.6. The number of ether oxygens (including phenoxy) is 1. The standard InChI is InChI=1S/C30H33N5O3S/c1-29(2,3)25-16-21(33-38-25)15-22(36)14-19-6-8-20(9-7-19)23-17-35-24-10-11-26(32-27(24)39-28(35)31-23)37-18-30(12-13-30)34(4)5/h6-11,16-17H,12-15,18H2,1-5H3. The maximum Gasteiger partial charge on any atom is 0.214 e. The smallest absolute Gasteiger partial charge is 0.214 e. The Morgan fingerprint density at radius 2 is 1.87 bits per heavy atom. The molecule has 0 atom stereocenters. The van der Waals surface area contributed by atoms with Crippen LogP contribution in [0.25, 0.3) is 26.6 Å². The Hall–Kier alpha value is -3.56. The van der Waals surface area contributed by atoms with Crippen molar-refractivity contribution in [2.24, 2.45) is 0 Å². The van der Waals surface area contributed by atoms with Gasteiger partial charge >= 0.3 is 0 Å². The first-order valence-corrected chi connectivity index (χ1v) is 14.1. The number of carbonyl (C=O) groups is 1. The molecule has 1 fully saturated rings. The molecule has 39 heavy (non-hydrogen) atoms. The quantitative estimate of drug-likeness (QED) is 0.235. The number of carbonyl (C=O) groups excluding carboxylic acids is 1. The van der Waals surface area contributed by atoms with Gasteiger partial charge in [0.25, 0.3) is 0 Å². The van der Waals surface area contributed by atoms with E-state index >= 15 is 0 Å². The Bertz CT molecular complexity index is 1650. The first-order valence-electron chi connectivity index (χ1n) is 13.3. The molecule has 4 heterocycles. The average molecular weight is 544 g/mol. The Labute approximate surface area is 231 Å². The van der Waals surface area contributed by atoms with Gasteiger partial charge in [-0.15, -0.1) is 0 Å². The summed E-state index contributed by atoms with van der Waals surface area (Å²) in [5.74, 6) is 1.55. The molecular weight excluding hydrogens is 510 g/mol. The summed E-state index contributed by atoms with van der Waals surface area (Å²) in [7, 11) is 4.21. The fourth-order valence-corrected chi connectivity index (χ4v) is 5.67. The third-order valence-corrected chi connectivity index (χ3v) is 8.49. The number of hydrogen-bond acceptors (Lipinski definition) is 8. The van der Waals surface area contributed by atoms with E-state index in [2.05, 4.69) is 55.4 Å². The number of benzene rings is 1. The number of Topliss-reactive ketones (excluding diaryl/α,β-unsaturated/α-hetero) is 1. The Balaban J connectivity index is 1.12. The van der Waals surface area contributed by atoms with E-state index in [1.54, 1.807) is 11.3 Å². The predicted octanol–water partition coefficient (Wildman–Crippen LogP) is 5.72. The summed E-state index contributed by atoms with van der Waals surface area (Å²) < 4.78 is 13.5. The van der Waals surface area contributed by atoms with Crippen molar-refractivity contribution in [3.63, 3.8) is 0 Å². The number of aromatic nitrogens is 4. The summed E-state index contributed by atoms with van der Waals surface area (Å²) in [6, 6.07) is 13.9. The van der Waals surface area contributed by atoms with Gasteiger partial charge < -0.3 is 14.2 Å². The Morgan fingerprint density at radius 1 is 1.10 bits per heavy atom. The summed E-state index contributed by atoms with van der Waals surface area (Å²) in [6.07, 6.45) is 4.99. The van der Waals surface area contributed by atoms with Gasteiger partial charge in [-0.3, -0.25) is 9.20 Å². The molecule has 1 saturated carbocycles. The van der Waals surface area contributed by atoms with Crippen molar-refractivity contribution in [1.29, 1.82) is 0 Å². The molecule has 0 aliphatic heterocycles. The monoisotopic (exact) mass is 543 g/mol. The third-order valence-electron chi connectivity index (χ3n) is 7.53. The second-order valence-corrected chi connectivity index (χ2v) is 12.7. The number of hydrogen-bond donors (Lipinski definition) is 0. The first-order chi connectivity index (χ1) is 18.6. The third kappa shape index (κ3) is 5.21. The van der Waals surface area contributed by atoms with E-state index in [4.69, 9.17) is 19.2 Å². The van der Waals surface area contributed by atoms with E-state index in [0.717, 1.165) is 50.7 Å². The van der Waals surface area contributed by atoms with Crippen molar-refractivity contribution >= 4 is 32.4 Å². The van der Waals surface area contributed by atoms with Crippen LogP contribution in [0.5, 0.6) is 5.88 Å². The number of nitrogens with zero attached hydrogens (tertiary/aromatic N) is 5. The van der Waals surface area contributed by atoms with Crippen LogP contribution in [0.15, 0.2) is 53.2 Å². The Kier molecular flexibility index (Phi) is 6.31. The molecule has 0 amide bonds. The molecule has 6 rings (SSSR count). The molecule has 0 unspecified atom stereocenters. The minimum absolute atomic E-state index is 0.107. The number of thiazole rings is 1. The van der Waals surface area contributed by atoms with Crippen molar-refractivity contribution in [3.05, 3.63) is 65.7 Å². The minimum atomic E-state index is -0.128. The molecule has 5 aromatic rings. The van der Waals surface area contributed by atoms with Gasteiger partial charge in [0.1, 0.15) is 23.0 Å². The van der Waals surface area contributed by atoms with Crippen LogP contribution >= 0.6 is 11.3 Å². The van der Waals surface area contributed by atoms with Crippen LogP contribution in [0.2, 0.25) is 0 Å². The van der Waals surface area contributed by atoms with Crippen molar-refractivity contribution in [2.75, 3.05) is 20.7 Å². The SMILES string of the molecule is CN(C)C1(COc2ccc3c(n2)sc2nc(-c4ccc(CC(=O)Cc5cc(C(C)(C)C)on5)cc4)cn23)CC1. The molecule has 0 N–H and O–H groups in total. The van der Waals surface area contributed by atoms with Gasteiger partial charge in [-0.25, -0.2) is 9.97 Å². The molecule has 0 saturated heterocycles. The van der Waals surface area contributed by atoms with Crippen LogP contribution < -0.4 is 4.74 Å². The molecular formula is C30H33N5O3S. The fraction of sp³-hybridized carbons (Fsp3) is 0.400. The molecule has 9 heteroatoms. The molecule has 1 aromatic carbocycles. The molecule has 0 spiro atoms. The lowest BCUT2D eigenvalue weighted by atomic mass is 9.93. The molecule has 0 bridgehead atoms. The summed E-state index contributed by atoms with van der Waals surface area (Å²) in [5.41, 5.74) is 4.59. The number of pyridine rings is 1. The minimum Gasteiger partial charge on any atom is -0.476 e. The van der Waals surface area contributed by atoms with E-state index in [1.165, 1.54) is 0 Å². The number of rotatable bonds is 9. The lowest BCUT2D eigenvalue weighted by Crippen LogP contribution is -2.35. The van der Waals surface area contributed by atoms with Crippen LogP contribution in [-0.2, 0) is 23.1 Å². The highest BCUT2D eigenvalue weighted by molar-refractivity contribution is 7.23. The highest BCUT2D eigenvalue weighted by atomic mass is 32.1. The molecule has 8 nitrogen and oxygen atoms in total. The zero-order valence-corrected chi connectivity index (χ0v) is 23.8. The van der Waals surface area contributed by atoms with Crippen LogP contribution in [0.4, 0.5) is 0 Å². The van der Waals surface area contributed by atoms with E-state index in [1.807, 2.05) is 42.6 Å². The van der Waals surface area contributed by atoms with Gasteiger partial charge in [-0.2, -0.15) is 0 Å². The largest absolute Gasteiger partial charge is 0.476 e. The molecule has 4 aromatic heterocycles. The first kappa shape index (κ1) is 25.7. The van der Waals surface area contributed by atoms with Gasteiger partial charge in [0.15, 0.2) is 4.96 Å². The van der Waals surface area contributed by atoms with E-state index in [9.17, 15) is 4.79 Å². The van der Waals surface area contributed by atoms with Gasteiger partial charge in [0.2, 0.25) is 5.88 Å². The van der Waals surface area contributed by atoms with Crippen LogP contribution in [-0.4, -0.2) is 56.4 Å². The van der Waals surface area contributed by atoms with Gasteiger partial charge in [-0.05, 0) is 38.6 Å². The van der Waals surface area contributed by atoms with E-state index in [0.29, 0.717) is 24.6 Å². The molecule has 0 radical (unpaired) electrons. The lowest BCUT2D eigenvalue weighted by Gasteiger charge is -2.23. The number of imidazole rings is 1. The summed E-state index contributed by atoms with van der Waals surface area (Å²) in [4.78, 5) is 26.3. The highest BCUT2D eigenvalue weighted by Crippen LogP contribution is 2.40. The van der Waals surface area contributed by atoms with Crippen molar-refractivity contribution < 1.29 is 14.1 Å². The number of likely N-dealkylation sites (N-methyl/N-ethyl adjacent to an activating group) is 1. The summed E-state index contributed by atoms with van der Waals surface area (Å²) >= 11 is 1.55. The van der Waals surface area contributed by atoms with E-state index in [-0.39, 0.29) is 23.2 Å². The zero-order chi connectivity index (χ0) is 27.4. The highest BCUT2D eigenvalue weighted by Gasteiger charge is 2.45. The normalized spacial score (nSPS) is 14.9. The second-order valence-electron chi connectivity index (χ2n) is 11.8. The predicted molar refractivity (Wildman–Crippen MR) is 153 cm³/mol. The van der Waals surface area contributed by atoms with Gasteiger partial charge in [0, 0.05) is 35.7 Å². The Morgan fingerprint density at radius 3 is 2.54 bits per heavy atom.